The minimum Gasteiger partial charge on any atom is -0.384 e. The number of aryl methyl sites for hydroxylation is 1. The molecular formula is C27H33FN2O2. The zero-order chi connectivity index (χ0) is 22.3. The number of nitrogens with zero attached hydrogens (tertiary/aromatic N) is 1. The first-order valence-electron chi connectivity index (χ1n) is 12.0. The first kappa shape index (κ1) is 21.6. The van der Waals surface area contributed by atoms with Crippen LogP contribution in [0.1, 0.15) is 61.1 Å². The van der Waals surface area contributed by atoms with Gasteiger partial charge in [0.2, 0.25) is 5.91 Å². The predicted molar refractivity (Wildman–Crippen MR) is 123 cm³/mol. The molecule has 2 aromatic carbocycles. The molecule has 5 heteroatoms. The summed E-state index contributed by atoms with van der Waals surface area (Å²) in [5.74, 6) is -0.0496. The van der Waals surface area contributed by atoms with Crippen LogP contribution in [0.3, 0.4) is 0 Å². The summed E-state index contributed by atoms with van der Waals surface area (Å²) in [6, 6.07) is 15.0. The fourth-order valence-electron chi connectivity index (χ4n) is 6.54. The molecule has 2 N–H and O–H groups in total. The summed E-state index contributed by atoms with van der Waals surface area (Å²) < 4.78 is 13.5. The number of halogens is 1. The summed E-state index contributed by atoms with van der Waals surface area (Å²) in [4.78, 5) is 15.4. The topological polar surface area (TPSA) is 52.6 Å². The fourth-order valence-corrected chi connectivity index (χ4v) is 6.54. The van der Waals surface area contributed by atoms with E-state index in [0.717, 1.165) is 62.7 Å². The van der Waals surface area contributed by atoms with Crippen LogP contribution in [0.15, 0.2) is 48.5 Å². The summed E-state index contributed by atoms with van der Waals surface area (Å²) in [5, 5.41) is 15.0. The second-order valence-electron chi connectivity index (χ2n) is 10.1. The Labute approximate surface area is 189 Å². The van der Waals surface area contributed by atoms with Crippen molar-refractivity contribution in [3.63, 3.8) is 0 Å². The zero-order valence-electron chi connectivity index (χ0n) is 18.8. The van der Waals surface area contributed by atoms with E-state index in [4.69, 9.17) is 0 Å². The molecule has 1 amide bonds. The highest BCUT2D eigenvalue weighted by atomic mass is 19.1. The van der Waals surface area contributed by atoms with Crippen LogP contribution in [0.25, 0.3) is 0 Å². The minimum absolute atomic E-state index is 0.0692. The Morgan fingerprint density at radius 1 is 1.06 bits per heavy atom. The Hall–Kier alpha value is -2.24. The van der Waals surface area contributed by atoms with Crippen molar-refractivity contribution in [1.82, 2.24) is 10.2 Å². The molecule has 0 aromatic heterocycles. The molecule has 3 atom stereocenters. The van der Waals surface area contributed by atoms with Crippen molar-refractivity contribution in [1.29, 1.82) is 0 Å². The van der Waals surface area contributed by atoms with Crippen molar-refractivity contribution < 1.29 is 14.3 Å². The molecular weight excluding hydrogens is 403 g/mol. The summed E-state index contributed by atoms with van der Waals surface area (Å²) >= 11 is 0. The lowest BCUT2D eigenvalue weighted by Gasteiger charge is -2.50. The maximum Gasteiger partial charge on any atom is 0.227 e. The molecule has 2 saturated heterocycles. The molecule has 0 bridgehead atoms. The third-order valence-electron chi connectivity index (χ3n) is 8.34. The number of nitrogens with one attached hydrogen (secondary N) is 1. The van der Waals surface area contributed by atoms with Gasteiger partial charge in [0.15, 0.2) is 0 Å². The normalized spacial score (nSPS) is 30.4. The van der Waals surface area contributed by atoms with Crippen LogP contribution in [-0.2, 0) is 10.4 Å². The number of hydrogen-bond acceptors (Lipinski definition) is 3. The van der Waals surface area contributed by atoms with Gasteiger partial charge in [-0.2, -0.15) is 0 Å². The van der Waals surface area contributed by atoms with Gasteiger partial charge in [0.25, 0.3) is 0 Å². The summed E-state index contributed by atoms with van der Waals surface area (Å²) in [6.07, 6.45) is 5.45. The minimum atomic E-state index is -0.844. The molecule has 170 valence electrons. The van der Waals surface area contributed by atoms with Crippen LogP contribution in [-0.4, -0.2) is 41.6 Å². The van der Waals surface area contributed by atoms with E-state index >= 15 is 0 Å². The number of carbonyl (C=O) groups excluding carboxylic acids is 1. The van der Waals surface area contributed by atoms with Crippen LogP contribution < -0.4 is 5.32 Å². The molecule has 4 nitrogen and oxygen atoms in total. The number of aliphatic hydroxyl groups is 1. The van der Waals surface area contributed by atoms with Gasteiger partial charge < -0.3 is 10.4 Å². The number of piperidine rings is 1. The number of amides is 1. The molecule has 2 aromatic rings. The van der Waals surface area contributed by atoms with Crippen LogP contribution in [0.2, 0.25) is 0 Å². The monoisotopic (exact) mass is 436 g/mol. The second-order valence-corrected chi connectivity index (χ2v) is 10.1. The average Bonchev–Trinajstić information content (AvgIpc) is 3.11. The van der Waals surface area contributed by atoms with Crippen molar-refractivity contribution in [2.75, 3.05) is 19.6 Å². The van der Waals surface area contributed by atoms with Gasteiger partial charge in [-0.25, -0.2) is 4.39 Å². The van der Waals surface area contributed by atoms with Crippen molar-refractivity contribution in [3.8, 4) is 0 Å². The van der Waals surface area contributed by atoms with Crippen LogP contribution in [0.4, 0.5) is 4.39 Å². The highest BCUT2D eigenvalue weighted by Crippen LogP contribution is 2.49. The smallest absolute Gasteiger partial charge is 0.227 e. The van der Waals surface area contributed by atoms with E-state index in [0.29, 0.717) is 6.54 Å². The highest BCUT2D eigenvalue weighted by Gasteiger charge is 2.54. The third-order valence-corrected chi connectivity index (χ3v) is 8.34. The average molecular weight is 437 g/mol. The van der Waals surface area contributed by atoms with E-state index < -0.39 is 11.0 Å². The summed E-state index contributed by atoms with van der Waals surface area (Å²) in [7, 11) is 0. The Morgan fingerprint density at radius 3 is 2.53 bits per heavy atom. The zero-order valence-corrected chi connectivity index (χ0v) is 18.8. The lowest BCUT2D eigenvalue weighted by molar-refractivity contribution is -0.134. The lowest BCUT2D eigenvalue weighted by atomic mass is 9.66. The van der Waals surface area contributed by atoms with E-state index in [1.807, 2.05) is 18.2 Å². The molecule has 3 aliphatic rings. The standard InChI is InChI=1S/C27H33FN2O2/c1-19-5-4-6-21(17-19)27(32)12-3-2-7-24(27)30-15-13-26(14-16-30)23(18-29-25(26)31)20-8-10-22(28)11-9-20/h4-6,8-11,17,23-24,32H,2-3,7,12-16,18H2,1H3,(H,29,31). The molecule has 1 spiro atoms. The number of carbonyl (C=O) groups is 1. The molecule has 1 aliphatic carbocycles. The van der Waals surface area contributed by atoms with E-state index in [1.165, 1.54) is 17.7 Å². The Balaban J connectivity index is 1.38. The van der Waals surface area contributed by atoms with Crippen LogP contribution in [0.5, 0.6) is 0 Å². The molecule has 5 rings (SSSR count). The first-order chi connectivity index (χ1) is 15.4. The van der Waals surface area contributed by atoms with Gasteiger partial charge in [0.1, 0.15) is 11.4 Å². The Bertz CT molecular complexity index is 983. The molecule has 3 unspecified atom stereocenters. The number of likely N-dealkylation sites (tertiary alicyclic amines) is 1. The van der Waals surface area contributed by atoms with Crippen molar-refractivity contribution in [3.05, 3.63) is 71.0 Å². The van der Waals surface area contributed by atoms with Gasteiger partial charge >= 0.3 is 0 Å². The Morgan fingerprint density at radius 2 is 1.81 bits per heavy atom. The quantitative estimate of drug-likeness (QED) is 0.756. The summed E-state index contributed by atoms with van der Waals surface area (Å²) in [6.45, 7) is 4.28. The largest absolute Gasteiger partial charge is 0.384 e. The van der Waals surface area contributed by atoms with Crippen molar-refractivity contribution >= 4 is 5.91 Å². The molecule has 1 saturated carbocycles. The molecule has 2 heterocycles. The van der Waals surface area contributed by atoms with Gasteiger partial charge in [-0.15, -0.1) is 0 Å². The maximum atomic E-state index is 13.5. The molecule has 32 heavy (non-hydrogen) atoms. The van der Waals surface area contributed by atoms with Crippen molar-refractivity contribution in [2.24, 2.45) is 5.41 Å². The second kappa shape index (κ2) is 8.27. The van der Waals surface area contributed by atoms with Crippen LogP contribution in [0, 0.1) is 18.2 Å². The SMILES string of the molecule is Cc1cccc(C2(O)CCCCC2N2CCC3(CC2)C(=O)NCC3c2ccc(F)cc2)c1. The van der Waals surface area contributed by atoms with Gasteiger partial charge in [-0.1, -0.05) is 54.8 Å². The van der Waals surface area contributed by atoms with Gasteiger partial charge in [0.05, 0.1) is 5.41 Å². The van der Waals surface area contributed by atoms with Crippen molar-refractivity contribution in [2.45, 2.75) is 63.0 Å². The lowest BCUT2D eigenvalue weighted by Crippen LogP contribution is -2.57. The summed E-state index contributed by atoms with van der Waals surface area (Å²) in [5.41, 5.74) is 1.94. The van der Waals surface area contributed by atoms with E-state index in [1.54, 1.807) is 0 Å². The highest BCUT2D eigenvalue weighted by molar-refractivity contribution is 5.86. The first-order valence-corrected chi connectivity index (χ1v) is 12.0. The molecule has 2 aliphatic heterocycles. The number of rotatable bonds is 3. The third kappa shape index (κ3) is 3.56. The number of benzene rings is 2. The van der Waals surface area contributed by atoms with E-state index in [9.17, 15) is 14.3 Å². The van der Waals surface area contributed by atoms with E-state index in [2.05, 4.69) is 35.3 Å². The van der Waals surface area contributed by atoms with Gasteiger partial charge in [-0.3, -0.25) is 9.69 Å². The number of hydrogen-bond donors (Lipinski definition) is 2. The molecule has 3 fully saturated rings. The maximum absolute atomic E-state index is 13.5. The van der Waals surface area contributed by atoms with Crippen LogP contribution >= 0.6 is 0 Å². The molecule has 0 radical (unpaired) electrons. The van der Waals surface area contributed by atoms with E-state index in [-0.39, 0.29) is 23.7 Å². The predicted octanol–water partition coefficient (Wildman–Crippen LogP) is 4.26. The fraction of sp³-hybridized carbons (Fsp3) is 0.519. The Kier molecular flexibility index (Phi) is 5.58. The van der Waals surface area contributed by atoms with Gasteiger partial charge in [-0.05, 0) is 69.0 Å². The van der Waals surface area contributed by atoms with Gasteiger partial charge in [0, 0.05) is 18.5 Å².